The van der Waals surface area contributed by atoms with E-state index < -0.39 is 23.8 Å². The predicted octanol–water partition coefficient (Wildman–Crippen LogP) is 3.24. The molecule has 0 radical (unpaired) electrons. The molecule has 0 saturated heterocycles. The highest BCUT2D eigenvalue weighted by Gasteiger charge is 2.34. The van der Waals surface area contributed by atoms with Crippen LogP contribution in [0.3, 0.4) is 0 Å². The van der Waals surface area contributed by atoms with Gasteiger partial charge in [-0.1, -0.05) is 12.1 Å². The fourth-order valence-corrected chi connectivity index (χ4v) is 3.59. The maximum atomic E-state index is 12.8. The number of aliphatic hydroxyl groups is 1. The number of rotatable bonds is 4. The predicted molar refractivity (Wildman–Crippen MR) is 113 cm³/mol. The van der Waals surface area contributed by atoms with Gasteiger partial charge in [0.1, 0.15) is 5.60 Å². The highest BCUT2D eigenvalue weighted by Crippen LogP contribution is 2.29. The van der Waals surface area contributed by atoms with Crippen molar-refractivity contribution in [1.82, 2.24) is 10.3 Å². The van der Waals surface area contributed by atoms with E-state index in [1.807, 2.05) is 18.2 Å². The van der Waals surface area contributed by atoms with E-state index in [4.69, 9.17) is 9.47 Å². The number of nitrogens with one attached hydrogen (secondary N) is 2. The summed E-state index contributed by atoms with van der Waals surface area (Å²) in [5.41, 5.74) is 0.632. The van der Waals surface area contributed by atoms with Crippen LogP contribution in [0.2, 0.25) is 0 Å². The van der Waals surface area contributed by atoms with Crippen LogP contribution < -0.4 is 15.4 Å². The van der Waals surface area contributed by atoms with E-state index in [1.54, 1.807) is 40.0 Å². The number of amides is 2. The summed E-state index contributed by atoms with van der Waals surface area (Å²) in [6, 6.07) is 8.76. The van der Waals surface area contributed by atoms with E-state index in [0.717, 1.165) is 5.39 Å². The first-order valence-electron chi connectivity index (χ1n) is 10.1. The van der Waals surface area contributed by atoms with Crippen LogP contribution in [-0.2, 0) is 9.53 Å². The summed E-state index contributed by atoms with van der Waals surface area (Å²) < 4.78 is 10.4. The molecular formula is C22H29N3O5. The number of para-hydroxylation sites is 1. The van der Waals surface area contributed by atoms with Gasteiger partial charge in [-0.15, -0.1) is 0 Å². The second kappa shape index (κ2) is 8.87. The first-order chi connectivity index (χ1) is 14.2. The smallest absolute Gasteiger partial charge is 0.407 e. The number of anilines is 1. The Morgan fingerprint density at radius 1 is 1.17 bits per heavy atom. The molecule has 8 heteroatoms. The maximum Gasteiger partial charge on any atom is 0.407 e. The standard InChI is InChI=1S/C22H29N3O5/c1-22(2,3)30-21(28)24-15-10-8-14(12-17(15)26)20(27)23-16-7-5-6-13-9-11-18(29-4)25-19(13)16/h5-7,9,11,14-15,17,26H,8,10,12H2,1-4H3,(H,23,27)(H,24,28)/t14-,15-,17+/m1/s1. The molecule has 3 rings (SSSR count). The Kier molecular flexibility index (Phi) is 6.45. The summed E-state index contributed by atoms with van der Waals surface area (Å²) in [6.45, 7) is 5.34. The molecule has 2 aromatic rings. The van der Waals surface area contributed by atoms with E-state index in [-0.39, 0.29) is 18.2 Å². The molecule has 1 aliphatic rings. The van der Waals surface area contributed by atoms with E-state index >= 15 is 0 Å². The van der Waals surface area contributed by atoms with Crippen LogP contribution in [0.4, 0.5) is 10.5 Å². The lowest BCUT2D eigenvalue weighted by atomic mass is 9.83. The van der Waals surface area contributed by atoms with Gasteiger partial charge in [0.2, 0.25) is 11.8 Å². The van der Waals surface area contributed by atoms with Crippen molar-refractivity contribution in [2.24, 2.45) is 5.92 Å². The number of pyridine rings is 1. The van der Waals surface area contributed by atoms with Gasteiger partial charge in [0.25, 0.3) is 0 Å². The van der Waals surface area contributed by atoms with Gasteiger partial charge >= 0.3 is 6.09 Å². The maximum absolute atomic E-state index is 12.8. The Bertz CT molecular complexity index is 925. The van der Waals surface area contributed by atoms with Gasteiger partial charge in [0, 0.05) is 17.4 Å². The van der Waals surface area contributed by atoms with Crippen molar-refractivity contribution in [2.45, 2.75) is 57.8 Å². The summed E-state index contributed by atoms with van der Waals surface area (Å²) in [7, 11) is 1.54. The lowest BCUT2D eigenvalue weighted by Crippen LogP contribution is -2.49. The number of nitrogens with zero attached hydrogens (tertiary/aromatic N) is 1. The van der Waals surface area contributed by atoms with Crippen LogP contribution in [0.25, 0.3) is 10.9 Å². The number of carbonyl (C=O) groups is 2. The molecule has 2 amide bonds. The first-order valence-corrected chi connectivity index (χ1v) is 10.1. The van der Waals surface area contributed by atoms with E-state index in [1.165, 1.54) is 0 Å². The topological polar surface area (TPSA) is 110 Å². The molecule has 0 unspecified atom stereocenters. The van der Waals surface area contributed by atoms with Crippen molar-refractivity contribution in [3.05, 3.63) is 30.3 Å². The third-order valence-corrected chi connectivity index (χ3v) is 5.05. The molecule has 1 aliphatic carbocycles. The molecule has 0 bridgehead atoms. The minimum absolute atomic E-state index is 0.179. The van der Waals surface area contributed by atoms with Crippen LogP contribution >= 0.6 is 0 Å². The number of aliphatic hydroxyl groups excluding tert-OH is 1. The highest BCUT2D eigenvalue weighted by atomic mass is 16.6. The molecule has 1 aromatic carbocycles. The molecule has 162 valence electrons. The molecular weight excluding hydrogens is 386 g/mol. The van der Waals surface area contributed by atoms with Crippen LogP contribution in [-0.4, -0.2) is 46.9 Å². The molecule has 1 heterocycles. The zero-order chi connectivity index (χ0) is 21.9. The molecule has 0 aliphatic heterocycles. The summed E-state index contributed by atoms with van der Waals surface area (Å²) in [5, 5.41) is 17.0. The summed E-state index contributed by atoms with van der Waals surface area (Å²) in [5.74, 6) is -0.0761. The van der Waals surface area contributed by atoms with Crippen molar-refractivity contribution in [3.8, 4) is 5.88 Å². The van der Waals surface area contributed by atoms with Crippen LogP contribution in [0.5, 0.6) is 5.88 Å². The fourth-order valence-electron chi connectivity index (χ4n) is 3.59. The monoisotopic (exact) mass is 415 g/mol. The van der Waals surface area contributed by atoms with Crippen molar-refractivity contribution in [2.75, 3.05) is 12.4 Å². The van der Waals surface area contributed by atoms with Gasteiger partial charge in [-0.05, 0) is 52.2 Å². The van der Waals surface area contributed by atoms with Crippen LogP contribution in [0, 0.1) is 5.92 Å². The minimum Gasteiger partial charge on any atom is -0.481 e. The van der Waals surface area contributed by atoms with Crippen LogP contribution in [0.15, 0.2) is 30.3 Å². The van der Waals surface area contributed by atoms with Crippen molar-refractivity contribution in [3.63, 3.8) is 0 Å². The third-order valence-electron chi connectivity index (χ3n) is 5.05. The van der Waals surface area contributed by atoms with Gasteiger partial charge in [-0.25, -0.2) is 9.78 Å². The molecule has 1 saturated carbocycles. The largest absolute Gasteiger partial charge is 0.481 e. The number of alkyl carbamates (subject to hydrolysis) is 1. The van der Waals surface area contributed by atoms with Gasteiger partial charge in [0.05, 0.1) is 30.5 Å². The SMILES string of the molecule is COc1ccc2cccc(NC(=O)[C@@H]3CC[C@@H](NC(=O)OC(C)(C)C)[C@@H](O)C3)c2n1. The number of methoxy groups -OCH3 is 1. The molecule has 30 heavy (non-hydrogen) atoms. The average molecular weight is 415 g/mol. The molecule has 8 nitrogen and oxygen atoms in total. The Hall–Kier alpha value is -2.87. The number of hydrogen-bond acceptors (Lipinski definition) is 6. The minimum atomic E-state index is -0.826. The third kappa shape index (κ3) is 5.38. The molecule has 1 aromatic heterocycles. The van der Waals surface area contributed by atoms with E-state index in [2.05, 4.69) is 15.6 Å². The highest BCUT2D eigenvalue weighted by molar-refractivity contribution is 6.01. The molecule has 3 N–H and O–H groups in total. The second-order valence-electron chi connectivity index (χ2n) is 8.55. The van der Waals surface area contributed by atoms with Crippen LogP contribution in [0.1, 0.15) is 40.0 Å². The Morgan fingerprint density at radius 2 is 1.93 bits per heavy atom. The number of carbonyl (C=O) groups excluding carboxylic acids is 2. The zero-order valence-corrected chi connectivity index (χ0v) is 17.8. The van der Waals surface area contributed by atoms with Gasteiger partial charge in [-0.3, -0.25) is 4.79 Å². The molecule has 0 spiro atoms. The fraction of sp³-hybridized carbons (Fsp3) is 0.500. The second-order valence-corrected chi connectivity index (χ2v) is 8.55. The quantitative estimate of drug-likeness (QED) is 0.707. The Balaban J connectivity index is 1.63. The summed E-state index contributed by atoms with van der Waals surface area (Å²) in [4.78, 5) is 29.2. The molecule has 3 atom stereocenters. The lowest BCUT2D eigenvalue weighted by Gasteiger charge is -2.33. The summed E-state index contributed by atoms with van der Waals surface area (Å²) in [6.07, 6.45) is -0.100. The Morgan fingerprint density at radius 3 is 2.60 bits per heavy atom. The number of hydrogen-bond donors (Lipinski definition) is 3. The van der Waals surface area contributed by atoms with Gasteiger partial charge in [-0.2, -0.15) is 0 Å². The van der Waals surface area contributed by atoms with Crippen molar-refractivity contribution >= 4 is 28.6 Å². The lowest BCUT2D eigenvalue weighted by molar-refractivity contribution is -0.122. The first kappa shape index (κ1) is 21.8. The van der Waals surface area contributed by atoms with E-state index in [0.29, 0.717) is 29.9 Å². The van der Waals surface area contributed by atoms with E-state index in [9.17, 15) is 14.7 Å². The number of fused-ring (bicyclic) bond motifs is 1. The number of ether oxygens (including phenoxy) is 2. The average Bonchev–Trinajstić information content (AvgIpc) is 2.68. The number of aromatic nitrogens is 1. The Labute approximate surface area is 176 Å². The van der Waals surface area contributed by atoms with Gasteiger partial charge < -0.3 is 25.2 Å². The zero-order valence-electron chi connectivity index (χ0n) is 17.8. The molecule has 1 fully saturated rings. The number of benzene rings is 1. The normalized spacial score (nSPS) is 21.7. The summed E-state index contributed by atoms with van der Waals surface area (Å²) >= 11 is 0. The van der Waals surface area contributed by atoms with Crippen molar-refractivity contribution in [1.29, 1.82) is 0 Å². The van der Waals surface area contributed by atoms with Gasteiger partial charge in [0.15, 0.2) is 0 Å². The van der Waals surface area contributed by atoms with Crippen molar-refractivity contribution < 1.29 is 24.2 Å².